The number of hydrogen-bond acceptors (Lipinski definition) is 6. The molecule has 0 saturated carbocycles. The standard InChI is InChI=1S/C22H24F5N5O2/c1-12(2)21(23,24)13-10-15(30-16(11-13)32-8-3-5-28-7-9-32)14-4-6-29-19-17(14)18(22(25,26)27)34-20(33)31-19/h4,6,10-12,18,28H,3,5,7-9H2,1-2H3,(H,29,31,33)/t18-/m1/s1. The van der Waals surface area contributed by atoms with Gasteiger partial charge in [0.25, 0.3) is 5.92 Å². The van der Waals surface area contributed by atoms with Gasteiger partial charge in [0.2, 0.25) is 6.10 Å². The van der Waals surface area contributed by atoms with Crippen LogP contribution in [0.3, 0.4) is 0 Å². The maximum Gasteiger partial charge on any atom is 0.430 e. The van der Waals surface area contributed by atoms with E-state index < -0.39 is 35.8 Å². The second-order valence-corrected chi connectivity index (χ2v) is 8.54. The Kier molecular flexibility index (Phi) is 6.36. The van der Waals surface area contributed by atoms with Gasteiger partial charge in [0.05, 0.1) is 11.3 Å². The van der Waals surface area contributed by atoms with E-state index in [4.69, 9.17) is 0 Å². The summed E-state index contributed by atoms with van der Waals surface area (Å²) in [6, 6.07) is 3.65. The largest absolute Gasteiger partial charge is 0.431 e. The van der Waals surface area contributed by atoms with Gasteiger partial charge in [-0.1, -0.05) is 13.8 Å². The number of hydrogen-bond donors (Lipinski definition) is 2. The predicted molar refractivity (Wildman–Crippen MR) is 115 cm³/mol. The normalized spacial score (nSPS) is 19.4. The second-order valence-electron chi connectivity index (χ2n) is 8.54. The smallest absolute Gasteiger partial charge is 0.430 e. The van der Waals surface area contributed by atoms with Crippen molar-refractivity contribution in [3.63, 3.8) is 0 Å². The molecular formula is C22H24F5N5O2. The van der Waals surface area contributed by atoms with E-state index in [0.717, 1.165) is 19.0 Å². The number of rotatable bonds is 4. The van der Waals surface area contributed by atoms with Gasteiger partial charge in [-0.25, -0.2) is 23.5 Å². The summed E-state index contributed by atoms with van der Waals surface area (Å²) in [5.74, 6) is -4.42. The molecule has 7 nitrogen and oxygen atoms in total. The lowest BCUT2D eigenvalue weighted by Gasteiger charge is -2.30. The Balaban J connectivity index is 1.92. The van der Waals surface area contributed by atoms with Gasteiger partial charge in [0.15, 0.2) is 0 Å². The molecule has 0 unspecified atom stereocenters. The van der Waals surface area contributed by atoms with Gasteiger partial charge in [-0.2, -0.15) is 13.2 Å². The first-order chi connectivity index (χ1) is 16.0. The van der Waals surface area contributed by atoms with Gasteiger partial charge in [-0.05, 0) is 31.2 Å². The van der Waals surface area contributed by atoms with Crippen LogP contribution in [0.4, 0.5) is 38.4 Å². The number of carbonyl (C=O) groups is 1. The number of nitrogens with zero attached hydrogens (tertiary/aromatic N) is 3. The van der Waals surface area contributed by atoms with Gasteiger partial charge in [-0.15, -0.1) is 0 Å². The number of anilines is 2. The van der Waals surface area contributed by atoms with Crippen molar-refractivity contribution in [3.8, 4) is 11.3 Å². The van der Waals surface area contributed by atoms with Crippen LogP contribution in [0.15, 0.2) is 24.4 Å². The predicted octanol–water partition coefficient (Wildman–Crippen LogP) is 4.86. The molecule has 0 bridgehead atoms. The van der Waals surface area contributed by atoms with E-state index in [1.165, 1.54) is 32.2 Å². The van der Waals surface area contributed by atoms with E-state index in [9.17, 15) is 18.0 Å². The van der Waals surface area contributed by atoms with Crippen molar-refractivity contribution in [3.05, 3.63) is 35.5 Å². The molecule has 2 N–H and O–H groups in total. The quantitative estimate of drug-likeness (QED) is 0.603. The van der Waals surface area contributed by atoms with Crippen LogP contribution >= 0.6 is 0 Å². The number of aromatic nitrogens is 2. The molecule has 184 valence electrons. The second kappa shape index (κ2) is 8.97. The lowest BCUT2D eigenvalue weighted by atomic mass is 9.94. The maximum absolute atomic E-state index is 15.1. The van der Waals surface area contributed by atoms with Crippen molar-refractivity contribution >= 4 is 17.7 Å². The molecule has 12 heteroatoms. The molecule has 1 fully saturated rings. The Labute approximate surface area is 192 Å². The molecule has 0 spiro atoms. The molecule has 4 heterocycles. The van der Waals surface area contributed by atoms with Crippen molar-refractivity contribution in [2.45, 2.75) is 38.5 Å². The Hall–Kier alpha value is -3.02. The summed E-state index contributed by atoms with van der Waals surface area (Å²) < 4.78 is 76.2. The Bertz CT molecular complexity index is 1070. The highest BCUT2D eigenvalue weighted by Gasteiger charge is 2.49. The number of cyclic esters (lactones) is 1. The number of amides is 1. The molecule has 2 aliphatic rings. The van der Waals surface area contributed by atoms with E-state index in [2.05, 4.69) is 25.3 Å². The molecule has 2 aromatic rings. The van der Waals surface area contributed by atoms with Gasteiger partial charge in [0.1, 0.15) is 11.6 Å². The minimum atomic E-state index is -4.94. The first kappa shape index (κ1) is 24.1. The first-order valence-corrected chi connectivity index (χ1v) is 10.9. The monoisotopic (exact) mass is 485 g/mol. The fourth-order valence-corrected chi connectivity index (χ4v) is 4.00. The number of alkyl halides is 5. The van der Waals surface area contributed by atoms with E-state index >= 15 is 8.78 Å². The van der Waals surface area contributed by atoms with Crippen molar-refractivity contribution in [2.75, 3.05) is 36.4 Å². The molecule has 34 heavy (non-hydrogen) atoms. The van der Waals surface area contributed by atoms with Gasteiger partial charge in [-0.3, -0.25) is 5.32 Å². The van der Waals surface area contributed by atoms with Crippen molar-refractivity contribution in [1.29, 1.82) is 0 Å². The molecule has 2 aromatic heterocycles. The summed E-state index contributed by atoms with van der Waals surface area (Å²) in [6.07, 6.45) is -6.91. The highest BCUT2D eigenvalue weighted by Crippen LogP contribution is 2.46. The number of ether oxygens (including phenoxy) is 1. The highest BCUT2D eigenvalue weighted by atomic mass is 19.4. The van der Waals surface area contributed by atoms with Crippen molar-refractivity contribution < 1.29 is 31.5 Å². The molecule has 0 aromatic carbocycles. The lowest BCUT2D eigenvalue weighted by molar-refractivity contribution is -0.206. The molecular weight excluding hydrogens is 461 g/mol. The average Bonchev–Trinajstić information content (AvgIpc) is 3.06. The number of halogens is 5. The fraction of sp³-hybridized carbons (Fsp3) is 0.500. The summed E-state index contributed by atoms with van der Waals surface area (Å²) in [6.45, 7) is 5.16. The minimum Gasteiger partial charge on any atom is -0.431 e. The summed E-state index contributed by atoms with van der Waals surface area (Å²) >= 11 is 0. The van der Waals surface area contributed by atoms with Crippen LogP contribution in [-0.2, 0) is 10.7 Å². The zero-order valence-electron chi connectivity index (χ0n) is 18.5. The number of fused-ring (bicyclic) bond motifs is 1. The van der Waals surface area contributed by atoms with Crippen LogP contribution in [-0.4, -0.2) is 48.4 Å². The molecule has 1 atom stereocenters. The van der Waals surface area contributed by atoms with Gasteiger partial charge < -0.3 is 15.0 Å². The van der Waals surface area contributed by atoms with Crippen molar-refractivity contribution in [2.24, 2.45) is 5.92 Å². The minimum absolute atomic E-state index is 0.0855. The molecule has 0 radical (unpaired) electrons. The number of pyridine rings is 2. The summed E-state index contributed by atoms with van der Waals surface area (Å²) in [4.78, 5) is 21.8. The maximum atomic E-state index is 15.1. The lowest BCUT2D eigenvalue weighted by Crippen LogP contribution is -2.34. The third kappa shape index (κ3) is 4.63. The summed E-state index contributed by atoms with van der Waals surface area (Å²) in [5.41, 5.74) is -1.01. The molecule has 2 aliphatic heterocycles. The van der Waals surface area contributed by atoms with E-state index in [1.807, 2.05) is 4.90 Å². The number of carbonyl (C=O) groups excluding carboxylic acids is 1. The third-order valence-electron chi connectivity index (χ3n) is 5.86. The highest BCUT2D eigenvalue weighted by molar-refractivity contribution is 5.89. The Morgan fingerprint density at radius 1 is 1.15 bits per heavy atom. The zero-order valence-corrected chi connectivity index (χ0v) is 18.5. The first-order valence-electron chi connectivity index (χ1n) is 10.9. The number of nitrogens with one attached hydrogen (secondary N) is 2. The topological polar surface area (TPSA) is 79.4 Å². The summed E-state index contributed by atoms with van der Waals surface area (Å²) in [5, 5.41) is 5.37. The van der Waals surface area contributed by atoms with Crippen LogP contribution < -0.4 is 15.5 Å². The van der Waals surface area contributed by atoms with Crippen molar-refractivity contribution in [1.82, 2.24) is 15.3 Å². The van der Waals surface area contributed by atoms with E-state index in [1.54, 1.807) is 0 Å². The molecule has 1 saturated heterocycles. The van der Waals surface area contributed by atoms with Crippen LogP contribution in [0.25, 0.3) is 11.3 Å². The molecule has 4 rings (SSSR count). The Morgan fingerprint density at radius 2 is 1.91 bits per heavy atom. The third-order valence-corrected chi connectivity index (χ3v) is 5.86. The molecule has 0 aliphatic carbocycles. The van der Waals surface area contributed by atoms with Crippen LogP contribution in [0, 0.1) is 5.92 Å². The van der Waals surface area contributed by atoms with E-state index in [-0.39, 0.29) is 28.5 Å². The molecule has 1 amide bonds. The van der Waals surface area contributed by atoms with E-state index in [0.29, 0.717) is 19.6 Å². The van der Waals surface area contributed by atoms with Gasteiger partial charge in [0, 0.05) is 42.9 Å². The van der Waals surface area contributed by atoms with Crippen LogP contribution in [0.1, 0.15) is 37.5 Å². The SMILES string of the molecule is CC(C)C(F)(F)c1cc(-c2ccnc3c2[C@H](C(F)(F)F)OC(=O)N3)nc(N2CCCNCC2)c1. The van der Waals surface area contributed by atoms with Gasteiger partial charge >= 0.3 is 12.3 Å². The van der Waals surface area contributed by atoms with Crippen LogP contribution in [0.5, 0.6) is 0 Å². The average molecular weight is 485 g/mol. The Morgan fingerprint density at radius 3 is 2.62 bits per heavy atom. The fourth-order valence-electron chi connectivity index (χ4n) is 4.00. The zero-order chi connectivity index (χ0) is 24.7. The summed E-state index contributed by atoms with van der Waals surface area (Å²) in [7, 11) is 0. The van der Waals surface area contributed by atoms with Crippen LogP contribution in [0.2, 0.25) is 0 Å².